The highest BCUT2D eigenvalue weighted by atomic mass is 16.6. The Morgan fingerprint density at radius 2 is 2.12 bits per heavy atom. The molecule has 128 valence electrons. The molecule has 3 rings (SSSR count). The minimum Gasteiger partial charge on any atom is -0.373 e. The second kappa shape index (κ2) is 6.33. The molecule has 1 saturated heterocycles. The number of morpholine rings is 1. The van der Waals surface area contributed by atoms with Gasteiger partial charge in [-0.05, 0) is 31.0 Å². The van der Waals surface area contributed by atoms with Crippen LogP contribution >= 0.6 is 0 Å². The minimum atomic E-state index is -0.341. The zero-order valence-corrected chi connectivity index (χ0v) is 14.2. The van der Waals surface area contributed by atoms with Crippen LogP contribution in [0.15, 0.2) is 30.6 Å². The molecule has 1 aliphatic rings. The van der Waals surface area contributed by atoms with E-state index in [9.17, 15) is 10.1 Å². The lowest BCUT2D eigenvalue weighted by atomic mass is 10.0. The molecule has 0 spiro atoms. The predicted molar refractivity (Wildman–Crippen MR) is 90.6 cm³/mol. The van der Waals surface area contributed by atoms with Crippen molar-refractivity contribution < 1.29 is 9.66 Å². The number of nitro benzene ring substituents is 1. The van der Waals surface area contributed by atoms with Crippen LogP contribution in [0, 0.1) is 10.1 Å². The van der Waals surface area contributed by atoms with E-state index in [0.29, 0.717) is 13.2 Å². The van der Waals surface area contributed by atoms with Gasteiger partial charge in [0, 0.05) is 50.6 Å². The molecule has 0 radical (unpaired) electrons. The molecule has 0 saturated carbocycles. The topological polar surface area (TPSA) is 73.4 Å². The first-order valence-electron chi connectivity index (χ1n) is 7.96. The summed E-state index contributed by atoms with van der Waals surface area (Å²) in [6, 6.07) is 5.26. The van der Waals surface area contributed by atoms with Crippen LogP contribution in [0.2, 0.25) is 0 Å². The molecule has 0 atom stereocenters. The van der Waals surface area contributed by atoms with Gasteiger partial charge in [-0.2, -0.15) is 5.10 Å². The molecular weight excluding hydrogens is 308 g/mol. The van der Waals surface area contributed by atoms with Crippen molar-refractivity contribution in [2.75, 3.05) is 19.7 Å². The Bertz CT molecular complexity index is 754. The van der Waals surface area contributed by atoms with Gasteiger partial charge in [-0.3, -0.25) is 19.7 Å². The van der Waals surface area contributed by atoms with Crippen LogP contribution in [-0.2, 0) is 18.3 Å². The fourth-order valence-electron chi connectivity index (χ4n) is 3.12. The van der Waals surface area contributed by atoms with Crippen LogP contribution in [0.3, 0.4) is 0 Å². The SMILES string of the molecule is Cn1cc(-c2cc(CN3CCOC(C)(C)C3)cc([N+](=O)[O-])c2)cn1. The zero-order chi connectivity index (χ0) is 17.3. The summed E-state index contributed by atoms with van der Waals surface area (Å²) in [5.74, 6) is 0. The molecule has 0 aliphatic carbocycles. The number of rotatable bonds is 4. The highest BCUT2D eigenvalue weighted by Crippen LogP contribution is 2.27. The van der Waals surface area contributed by atoms with Crippen molar-refractivity contribution in [3.05, 3.63) is 46.3 Å². The van der Waals surface area contributed by atoms with Crippen LogP contribution in [0.25, 0.3) is 11.1 Å². The van der Waals surface area contributed by atoms with Crippen LogP contribution in [0.1, 0.15) is 19.4 Å². The van der Waals surface area contributed by atoms with Gasteiger partial charge < -0.3 is 4.74 Å². The van der Waals surface area contributed by atoms with Gasteiger partial charge in [0.05, 0.1) is 23.3 Å². The largest absolute Gasteiger partial charge is 0.373 e. The third-order valence-electron chi connectivity index (χ3n) is 4.14. The third-order valence-corrected chi connectivity index (χ3v) is 4.14. The Morgan fingerprint density at radius 1 is 1.33 bits per heavy atom. The molecule has 0 unspecified atom stereocenters. The molecule has 0 N–H and O–H groups in total. The maximum Gasteiger partial charge on any atom is 0.270 e. The third kappa shape index (κ3) is 3.80. The molecule has 0 amide bonds. The summed E-state index contributed by atoms with van der Waals surface area (Å²) in [4.78, 5) is 13.2. The number of nitrogens with zero attached hydrogens (tertiary/aromatic N) is 4. The van der Waals surface area contributed by atoms with Gasteiger partial charge in [-0.15, -0.1) is 0 Å². The van der Waals surface area contributed by atoms with Crippen molar-refractivity contribution in [2.45, 2.75) is 26.0 Å². The molecule has 0 bridgehead atoms. The summed E-state index contributed by atoms with van der Waals surface area (Å²) in [6.07, 6.45) is 3.58. The lowest BCUT2D eigenvalue weighted by molar-refractivity contribution is -0.384. The second-order valence-electron chi connectivity index (χ2n) is 6.87. The second-order valence-corrected chi connectivity index (χ2v) is 6.87. The van der Waals surface area contributed by atoms with E-state index in [1.165, 1.54) is 0 Å². The van der Waals surface area contributed by atoms with E-state index in [2.05, 4.69) is 23.8 Å². The molecule has 1 fully saturated rings. The van der Waals surface area contributed by atoms with E-state index in [1.54, 1.807) is 23.0 Å². The molecule has 7 nitrogen and oxygen atoms in total. The fraction of sp³-hybridized carbons (Fsp3) is 0.471. The van der Waals surface area contributed by atoms with Gasteiger partial charge in [0.1, 0.15) is 0 Å². The molecule has 1 aromatic heterocycles. The Hall–Kier alpha value is -2.25. The first kappa shape index (κ1) is 16.6. The van der Waals surface area contributed by atoms with Gasteiger partial charge in [-0.25, -0.2) is 0 Å². The smallest absolute Gasteiger partial charge is 0.270 e. The van der Waals surface area contributed by atoms with E-state index >= 15 is 0 Å². The standard InChI is InChI=1S/C17H22N4O3/c1-17(2)12-20(4-5-24-17)10-13-6-14(8-16(7-13)21(22)23)15-9-18-19(3)11-15/h6-9,11H,4-5,10,12H2,1-3H3. The lowest BCUT2D eigenvalue weighted by Crippen LogP contribution is -2.47. The van der Waals surface area contributed by atoms with E-state index < -0.39 is 0 Å². The Balaban J connectivity index is 1.89. The average molecular weight is 330 g/mol. The number of hydrogen-bond acceptors (Lipinski definition) is 5. The maximum absolute atomic E-state index is 11.3. The average Bonchev–Trinajstić information content (AvgIpc) is 2.92. The van der Waals surface area contributed by atoms with Crippen molar-refractivity contribution in [3.8, 4) is 11.1 Å². The Morgan fingerprint density at radius 3 is 2.75 bits per heavy atom. The van der Waals surface area contributed by atoms with Crippen LogP contribution < -0.4 is 0 Å². The number of non-ortho nitro benzene ring substituents is 1. The molecular formula is C17H22N4O3. The number of aryl methyl sites for hydroxylation is 1. The predicted octanol–water partition coefficient (Wildman–Crippen LogP) is 2.61. The highest BCUT2D eigenvalue weighted by molar-refractivity contribution is 5.66. The van der Waals surface area contributed by atoms with Crippen LogP contribution in [0.5, 0.6) is 0 Å². The molecule has 7 heteroatoms. The number of aromatic nitrogens is 2. The first-order chi connectivity index (χ1) is 11.3. The van der Waals surface area contributed by atoms with Gasteiger partial charge in [0.25, 0.3) is 5.69 Å². The summed E-state index contributed by atoms with van der Waals surface area (Å²) in [5.41, 5.74) is 2.55. The number of nitro groups is 1. The number of hydrogen-bond donors (Lipinski definition) is 0. The van der Waals surface area contributed by atoms with E-state index in [4.69, 9.17) is 4.74 Å². The van der Waals surface area contributed by atoms with Crippen molar-refractivity contribution in [1.82, 2.24) is 14.7 Å². The van der Waals surface area contributed by atoms with Crippen molar-refractivity contribution >= 4 is 5.69 Å². The zero-order valence-electron chi connectivity index (χ0n) is 14.2. The van der Waals surface area contributed by atoms with E-state index in [0.717, 1.165) is 29.8 Å². The summed E-state index contributed by atoms with van der Waals surface area (Å²) in [6.45, 7) is 7.10. The molecule has 1 aromatic carbocycles. The monoisotopic (exact) mass is 330 g/mol. The Kier molecular flexibility index (Phi) is 4.38. The quantitative estimate of drug-likeness (QED) is 0.636. The van der Waals surface area contributed by atoms with Crippen molar-refractivity contribution in [1.29, 1.82) is 0 Å². The molecule has 1 aliphatic heterocycles. The maximum atomic E-state index is 11.3. The summed E-state index contributed by atoms with van der Waals surface area (Å²) < 4.78 is 7.42. The van der Waals surface area contributed by atoms with Crippen LogP contribution in [-0.4, -0.2) is 44.9 Å². The van der Waals surface area contributed by atoms with Gasteiger partial charge in [-0.1, -0.05) is 0 Å². The minimum absolute atomic E-state index is 0.110. The number of benzene rings is 1. The molecule has 24 heavy (non-hydrogen) atoms. The molecule has 2 heterocycles. The summed E-state index contributed by atoms with van der Waals surface area (Å²) in [7, 11) is 1.83. The normalized spacial score (nSPS) is 17.8. The highest BCUT2D eigenvalue weighted by Gasteiger charge is 2.27. The van der Waals surface area contributed by atoms with Crippen molar-refractivity contribution in [3.63, 3.8) is 0 Å². The first-order valence-corrected chi connectivity index (χ1v) is 7.96. The van der Waals surface area contributed by atoms with Gasteiger partial charge >= 0.3 is 0 Å². The van der Waals surface area contributed by atoms with Gasteiger partial charge in [0.2, 0.25) is 0 Å². The Labute approximate surface area is 141 Å². The lowest BCUT2D eigenvalue weighted by Gasteiger charge is -2.38. The van der Waals surface area contributed by atoms with Gasteiger partial charge in [0.15, 0.2) is 0 Å². The summed E-state index contributed by atoms with van der Waals surface area (Å²) >= 11 is 0. The van der Waals surface area contributed by atoms with E-state index in [-0.39, 0.29) is 16.2 Å². The summed E-state index contributed by atoms with van der Waals surface area (Å²) in [5, 5.41) is 15.4. The van der Waals surface area contributed by atoms with E-state index in [1.807, 2.05) is 19.3 Å². The molecule has 2 aromatic rings. The van der Waals surface area contributed by atoms with Crippen LogP contribution in [0.4, 0.5) is 5.69 Å². The van der Waals surface area contributed by atoms with Crippen molar-refractivity contribution in [2.24, 2.45) is 7.05 Å². The fourth-order valence-corrected chi connectivity index (χ4v) is 3.12. The number of ether oxygens (including phenoxy) is 1.